The molecule has 1 atom stereocenters. The number of likely N-dealkylation sites (N-methyl/N-ethyl adjacent to an activating group) is 1. The maximum atomic E-state index is 11.3. The number of benzene rings is 1. The van der Waals surface area contributed by atoms with Crippen LogP contribution in [0.4, 0.5) is 0 Å². The van der Waals surface area contributed by atoms with Crippen molar-refractivity contribution >= 4 is 29.3 Å². The molecular weight excluding hydrogens is 294 g/mol. The summed E-state index contributed by atoms with van der Waals surface area (Å²) < 4.78 is 0. The van der Waals surface area contributed by atoms with Gasteiger partial charge in [0.05, 0.1) is 0 Å². The van der Waals surface area contributed by atoms with Crippen LogP contribution < -0.4 is 5.32 Å². The van der Waals surface area contributed by atoms with E-state index in [1.807, 2.05) is 43.0 Å². The third-order valence-electron chi connectivity index (χ3n) is 3.57. The van der Waals surface area contributed by atoms with Crippen LogP contribution in [-0.2, 0) is 10.5 Å². The summed E-state index contributed by atoms with van der Waals surface area (Å²) in [5.41, 5.74) is 0.467. The van der Waals surface area contributed by atoms with Gasteiger partial charge >= 0.3 is 5.97 Å². The number of rotatable bonds is 9. The normalized spacial score (nSPS) is 13.9. The minimum absolute atomic E-state index is 0.598. The van der Waals surface area contributed by atoms with Crippen molar-refractivity contribution in [3.63, 3.8) is 0 Å². The molecule has 0 aromatic heterocycles. The average molecular weight is 316 g/mol. The van der Waals surface area contributed by atoms with Crippen LogP contribution in [0.3, 0.4) is 0 Å². The molecule has 1 unspecified atom stereocenters. The van der Waals surface area contributed by atoms with Crippen molar-refractivity contribution < 1.29 is 9.90 Å². The van der Waals surface area contributed by atoms with Gasteiger partial charge in [0.1, 0.15) is 5.54 Å². The Kier molecular flexibility index (Phi) is 7.41. The Hall–Kier alpha value is -0.710. The zero-order chi connectivity index (χ0) is 15.0. The maximum Gasteiger partial charge on any atom is 0.323 e. The lowest BCUT2D eigenvalue weighted by Gasteiger charge is -2.27. The molecule has 1 aromatic rings. The van der Waals surface area contributed by atoms with Crippen molar-refractivity contribution in [1.29, 1.82) is 0 Å². The molecule has 20 heavy (non-hydrogen) atoms. The van der Waals surface area contributed by atoms with Crippen LogP contribution in [0.25, 0.3) is 0 Å². The number of nitrogens with one attached hydrogen (secondary N) is 1. The second-order valence-electron chi connectivity index (χ2n) is 4.77. The van der Waals surface area contributed by atoms with Gasteiger partial charge < -0.3 is 10.4 Å². The maximum absolute atomic E-state index is 11.3. The van der Waals surface area contributed by atoms with Crippen molar-refractivity contribution in [3.05, 3.63) is 34.9 Å². The van der Waals surface area contributed by atoms with E-state index >= 15 is 0 Å². The van der Waals surface area contributed by atoms with Crippen molar-refractivity contribution in [2.75, 3.05) is 12.8 Å². The quantitative estimate of drug-likeness (QED) is 0.680. The van der Waals surface area contributed by atoms with Crippen molar-refractivity contribution in [2.45, 2.75) is 37.5 Å². The molecule has 0 fully saturated rings. The molecule has 0 saturated carbocycles. The topological polar surface area (TPSA) is 49.3 Å². The Labute approximate surface area is 130 Å². The van der Waals surface area contributed by atoms with Crippen LogP contribution in [-0.4, -0.2) is 29.4 Å². The van der Waals surface area contributed by atoms with E-state index in [2.05, 4.69) is 5.32 Å². The summed E-state index contributed by atoms with van der Waals surface area (Å²) >= 11 is 7.66. The number of halogens is 1. The standard InChI is InChI=1S/C15H22ClNO2S/c1-3-15(17-2,14(18)19)9-4-10-20-11-12-5-7-13(16)8-6-12/h5-8,17H,3-4,9-11H2,1-2H3,(H,18,19). The highest BCUT2D eigenvalue weighted by Crippen LogP contribution is 2.21. The summed E-state index contributed by atoms with van der Waals surface area (Å²) in [6.45, 7) is 1.91. The predicted octanol–water partition coefficient (Wildman–Crippen LogP) is 3.81. The summed E-state index contributed by atoms with van der Waals surface area (Å²) in [6.07, 6.45) is 2.14. The number of carboxylic acids is 1. The molecule has 1 aromatic carbocycles. The first-order valence-electron chi connectivity index (χ1n) is 6.78. The van der Waals surface area contributed by atoms with E-state index in [4.69, 9.17) is 11.6 Å². The molecule has 0 bridgehead atoms. The van der Waals surface area contributed by atoms with Gasteiger partial charge in [0.25, 0.3) is 0 Å². The third kappa shape index (κ3) is 5.00. The first kappa shape index (κ1) is 17.3. The molecule has 1 rings (SSSR count). The monoisotopic (exact) mass is 315 g/mol. The fourth-order valence-electron chi connectivity index (χ4n) is 2.09. The average Bonchev–Trinajstić information content (AvgIpc) is 2.45. The molecule has 0 radical (unpaired) electrons. The Morgan fingerprint density at radius 1 is 1.40 bits per heavy atom. The molecule has 0 aliphatic heterocycles. The van der Waals surface area contributed by atoms with E-state index < -0.39 is 11.5 Å². The smallest absolute Gasteiger partial charge is 0.323 e. The lowest BCUT2D eigenvalue weighted by Crippen LogP contribution is -2.49. The number of thioether (sulfide) groups is 1. The van der Waals surface area contributed by atoms with Crippen molar-refractivity contribution in [3.8, 4) is 0 Å². The highest BCUT2D eigenvalue weighted by atomic mass is 35.5. The van der Waals surface area contributed by atoms with E-state index in [-0.39, 0.29) is 0 Å². The SMILES string of the molecule is CCC(CCCSCc1ccc(Cl)cc1)(NC)C(=O)O. The summed E-state index contributed by atoms with van der Waals surface area (Å²) in [4.78, 5) is 11.3. The van der Waals surface area contributed by atoms with E-state index in [9.17, 15) is 9.90 Å². The van der Waals surface area contributed by atoms with Gasteiger partial charge in [-0.15, -0.1) is 0 Å². The van der Waals surface area contributed by atoms with Gasteiger partial charge in [-0.05, 0) is 49.8 Å². The summed E-state index contributed by atoms with van der Waals surface area (Å²) in [5.74, 6) is 1.13. The fourth-order valence-corrected chi connectivity index (χ4v) is 3.14. The molecule has 0 amide bonds. The van der Waals surface area contributed by atoms with Crippen molar-refractivity contribution in [1.82, 2.24) is 5.32 Å². The molecule has 112 valence electrons. The Morgan fingerprint density at radius 2 is 2.05 bits per heavy atom. The van der Waals surface area contributed by atoms with Gasteiger partial charge in [0.2, 0.25) is 0 Å². The fraction of sp³-hybridized carbons (Fsp3) is 0.533. The zero-order valence-electron chi connectivity index (χ0n) is 12.0. The Bertz CT molecular complexity index is 418. The van der Waals surface area contributed by atoms with Crippen LogP contribution in [0, 0.1) is 0 Å². The second-order valence-corrected chi connectivity index (χ2v) is 6.32. The number of carboxylic acid groups (broad SMARTS) is 1. The molecule has 3 nitrogen and oxygen atoms in total. The van der Waals surface area contributed by atoms with Crippen LogP contribution in [0.1, 0.15) is 31.7 Å². The first-order chi connectivity index (χ1) is 9.54. The molecule has 0 aliphatic rings. The van der Waals surface area contributed by atoms with Crippen LogP contribution in [0.2, 0.25) is 5.02 Å². The number of carbonyl (C=O) groups is 1. The molecular formula is C15H22ClNO2S. The van der Waals surface area contributed by atoms with E-state index in [1.165, 1.54) is 5.56 Å². The third-order valence-corrected chi connectivity index (χ3v) is 4.93. The van der Waals surface area contributed by atoms with Gasteiger partial charge in [0, 0.05) is 10.8 Å². The molecule has 0 saturated heterocycles. The molecule has 2 N–H and O–H groups in total. The van der Waals surface area contributed by atoms with E-state index in [1.54, 1.807) is 7.05 Å². The van der Waals surface area contributed by atoms with Crippen LogP contribution in [0.5, 0.6) is 0 Å². The van der Waals surface area contributed by atoms with Gasteiger partial charge in [-0.1, -0.05) is 30.7 Å². The number of aliphatic carboxylic acids is 1. The van der Waals surface area contributed by atoms with E-state index in [0.29, 0.717) is 12.8 Å². The highest BCUT2D eigenvalue weighted by molar-refractivity contribution is 7.98. The van der Waals surface area contributed by atoms with E-state index in [0.717, 1.165) is 22.9 Å². The largest absolute Gasteiger partial charge is 0.480 e. The summed E-state index contributed by atoms with van der Waals surface area (Å²) in [6, 6.07) is 7.84. The Balaban J connectivity index is 2.30. The zero-order valence-corrected chi connectivity index (χ0v) is 13.6. The molecule has 5 heteroatoms. The lowest BCUT2D eigenvalue weighted by molar-refractivity contribution is -0.145. The number of hydrogen-bond donors (Lipinski definition) is 2. The first-order valence-corrected chi connectivity index (χ1v) is 8.32. The van der Waals surface area contributed by atoms with Crippen molar-refractivity contribution in [2.24, 2.45) is 0 Å². The second kappa shape index (κ2) is 8.55. The minimum Gasteiger partial charge on any atom is -0.480 e. The van der Waals surface area contributed by atoms with Crippen LogP contribution >= 0.6 is 23.4 Å². The van der Waals surface area contributed by atoms with Gasteiger partial charge in [-0.3, -0.25) is 4.79 Å². The predicted molar refractivity (Wildman–Crippen MR) is 86.6 cm³/mol. The van der Waals surface area contributed by atoms with Crippen LogP contribution in [0.15, 0.2) is 24.3 Å². The van der Waals surface area contributed by atoms with Gasteiger partial charge in [-0.2, -0.15) is 11.8 Å². The highest BCUT2D eigenvalue weighted by Gasteiger charge is 2.33. The lowest BCUT2D eigenvalue weighted by atomic mass is 9.91. The molecule has 0 spiro atoms. The van der Waals surface area contributed by atoms with Gasteiger partial charge in [-0.25, -0.2) is 0 Å². The summed E-state index contributed by atoms with van der Waals surface area (Å²) in [7, 11) is 1.72. The summed E-state index contributed by atoms with van der Waals surface area (Å²) in [5, 5.41) is 13.0. The number of hydrogen-bond acceptors (Lipinski definition) is 3. The minimum atomic E-state index is -0.777. The Morgan fingerprint density at radius 3 is 2.55 bits per heavy atom. The van der Waals surface area contributed by atoms with Gasteiger partial charge in [0.15, 0.2) is 0 Å². The molecule has 0 aliphatic carbocycles. The molecule has 0 heterocycles.